The zero-order valence-corrected chi connectivity index (χ0v) is 24.4. The van der Waals surface area contributed by atoms with Gasteiger partial charge in [-0.2, -0.15) is 0 Å². The SMILES string of the molecule is N=C(N)N1CCCC(C[C@H]2C(=O)N(C(=O)N3CCN(C(=O)CCCc4ccc(-c5ccccc5)cc4)CC3)C2C(=O)O)C1. The third-order valence-electron chi connectivity index (χ3n) is 8.94. The minimum Gasteiger partial charge on any atom is -0.480 e. The molecular formula is C32H40N6O5. The van der Waals surface area contributed by atoms with Crippen LogP contribution in [0.3, 0.4) is 0 Å². The van der Waals surface area contributed by atoms with Crippen LogP contribution in [0, 0.1) is 17.2 Å². The fourth-order valence-corrected chi connectivity index (χ4v) is 6.51. The molecule has 11 heteroatoms. The summed E-state index contributed by atoms with van der Waals surface area (Å²) in [4.78, 5) is 57.0. The van der Waals surface area contributed by atoms with Crippen LogP contribution < -0.4 is 5.73 Å². The van der Waals surface area contributed by atoms with Crippen molar-refractivity contribution in [3.8, 4) is 11.1 Å². The van der Waals surface area contributed by atoms with Crippen LogP contribution in [0.4, 0.5) is 4.79 Å². The van der Waals surface area contributed by atoms with Gasteiger partial charge in [0.15, 0.2) is 12.0 Å². The van der Waals surface area contributed by atoms with Crippen LogP contribution in [0.25, 0.3) is 11.1 Å². The van der Waals surface area contributed by atoms with Gasteiger partial charge in [-0.3, -0.25) is 15.0 Å². The Morgan fingerprint density at radius 3 is 2.19 bits per heavy atom. The third kappa shape index (κ3) is 6.81. The highest BCUT2D eigenvalue weighted by Gasteiger charge is 2.56. The normalized spacial score (nSPS) is 22.2. The lowest BCUT2D eigenvalue weighted by atomic mass is 9.78. The number of hydrogen-bond acceptors (Lipinski definition) is 5. The second-order valence-corrected chi connectivity index (χ2v) is 11.7. The molecule has 0 radical (unpaired) electrons. The highest BCUT2D eigenvalue weighted by Crippen LogP contribution is 2.36. The van der Waals surface area contributed by atoms with E-state index in [0.29, 0.717) is 39.0 Å². The topological polar surface area (TPSA) is 151 Å². The third-order valence-corrected chi connectivity index (χ3v) is 8.94. The highest BCUT2D eigenvalue weighted by atomic mass is 16.4. The number of urea groups is 1. The van der Waals surface area contributed by atoms with Crippen molar-refractivity contribution in [2.75, 3.05) is 39.3 Å². The number of β-lactam (4-membered cyclic amide) rings is 1. The number of aryl methyl sites for hydroxylation is 1. The summed E-state index contributed by atoms with van der Waals surface area (Å²) in [6, 6.07) is 16.8. The molecule has 3 atom stereocenters. The number of carbonyl (C=O) groups is 4. The minimum absolute atomic E-state index is 0.0253. The first kappa shape index (κ1) is 30.1. The molecule has 0 aromatic heterocycles. The smallest absolute Gasteiger partial charge is 0.327 e. The quantitative estimate of drug-likeness (QED) is 0.244. The standard InChI is InChI=1S/C32H40N6O5/c33-31(34)37-15-5-7-23(21-37)20-26-28(30(41)42)38(29(26)40)32(43)36-18-16-35(17-19-36)27(39)10-4-6-22-11-13-25(14-12-22)24-8-2-1-3-9-24/h1-3,8-9,11-14,23,26,28H,4-7,10,15-21H2,(H3,33,34)(H,41,42)/t23?,26-,28?/m1/s1. The van der Waals surface area contributed by atoms with Crippen LogP contribution in [0.1, 0.15) is 37.7 Å². The first-order valence-electron chi connectivity index (χ1n) is 15.1. The number of carboxylic acids is 1. The Morgan fingerprint density at radius 2 is 1.53 bits per heavy atom. The number of benzene rings is 2. The fraction of sp³-hybridized carbons (Fsp3) is 0.469. The summed E-state index contributed by atoms with van der Waals surface area (Å²) in [7, 11) is 0. The zero-order valence-electron chi connectivity index (χ0n) is 24.4. The van der Waals surface area contributed by atoms with E-state index < -0.39 is 29.9 Å². The molecule has 2 aromatic carbocycles. The Balaban J connectivity index is 1.06. The monoisotopic (exact) mass is 588 g/mol. The number of amides is 4. The van der Waals surface area contributed by atoms with E-state index in [2.05, 4.69) is 36.4 Å². The van der Waals surface area contributed by atoms with E-state index >= 15 is 0 Å². The van der Waals surface area contributed by atoms with Gasteiger partial charge in [-0.1, -0.05) is 54.6 Å². The number of guanidine groups is 1. The maximum absolute atomic E-state index is 13.2. The Bertz CT molecular complexity index is 1340. The van der Waals surface area contributed by atoms with Crippen molar-refractivity contribution in [1.29, 1.82) is 5.41 Å². The maximum atomic E-state index is 13.2. The molecule has 0 bridgehead atoms. The predicted molar refractivity (Wildman–Crippen MR) is 161 cm³/mol. The Morgan fingerprint density at radius 1 is 0.884 bits per heavy atom. The summed E-state index contributed by atoms with van der Waals surface area (Å²) in [6.45, 7) is 2.39. The van der Waals surface area contributed by atoms with E-state index in [-0.39, 0.29) is 30.9 Å². The van der Waals surface area contributed by atoms with Crippen molar-refractivity contribution in [3.63, 3.8) is 0 Å². The maximum Gasteiger partial charge on any atom is 0.327 e. The Labute approximate surface area is 251 Å². The van der Waals surface area contributed by atoms with Gasteiger partial charge in [0.25, 0.3) is 0 Å². The molecule has 3 aliphatic heterocycles. The van der Waals surface area contributed by atoms with Crippen molar-refractivity contribution in [3.05, 3.63) is 60.2 Å². The van der Waals surface area contributed by atoms with E-state index in [4.69, 9.17) is 11.1 Å². The Hall–Kier alpha value is -4.41. The van der Waals surface area contributed by atoms with Gasteiger partial charge in [-0.15, -0.1) is 0 Å². The number of nitrogens with zero attached hydrogens (tertiary/aromatic N) is 4. The van der Waals surface area contributed by atoms with Crippen molar-refractivity contribution in [2.45, 2.75) is 44.6 Å². The zero-order chi connectivity index (χ0) is 30.5. The molecule has 11 nitrogen and oxygen atoms in total. The number of piperidine rings is 1. The largest absolute Gasteiger partial charge is 0.480 e. The van der Waals surface area contributed by atoms with Crippen LogP contribution in [0.5, 0.6) is 0 Å². The summed E-state index contributed by atoms with van der Waals surface area (Å²) in [5.41, 5.74) is 9.11. The minimum atomic E-state index is -1.20. The van der Waals surface area contributed by atoms with Gasteiger partial charge in [-0.05, 0) is 54.7 Å². The predicted octanol–water partition coefficient (Wildman–Crippen LogP) is 2.85. The molecule has 5 rings (SSSR count). The number of piperazine rings is 1. The second-order valence-electron chi connectivity index (χ2n) is 11.7. The molecule has 4 amide bonds. The van der Waals surface area contributed by atoms with Crippen LogP contribution in [-0.2, 0) is 20.8 Å². The molecule has 0 aliphatic carbocycles. The number of imide groups is 1. The molecule has 0 saturated carbocycles. The lowest BCUT2D eigenvalue weighted by Gasteiger charge is -2.47. The van der Waals surface area contributed by atoms with Gasteiger partial charge in [0.05, 0.1) is 5.92 Å². The van der Waals surface area contributed by atoms with Crippen LogP contribution in [-0.4, -0.2) is 99.8 Å². The number of carboxylic acid groups (broad SMARTS) is 1. The van der Waals surface area contributed by atoms with E-state index in [0.717, 1.165) is 36.1 Å². The van der Waals surface area contributed by atoms with Crippen molar-refractivity contribution in [2.24, 2.45) is 17.6 Å². The fourth-order valence-electron chi connectivity index (χ4n) is 6.51. The van der Waals surface area contributed by atoms with Crippen LogP contribution >= 0.6 is 0 Å². The first-order chi connectivity index (χ1) is 20.7. The molecule has 43 heavy (non-hydrogen) atoms. The number of nitrogens with one attached hydrogen (secondary N) is 1. The second kappa shape index (κ2) is 13.3. The Kier molecular flexibility index (Phi) is 9.27. The molecule has 3 heterocycles. The van der Waals surface area contributed by atoms with Crippen molar-refractivity contribution < 1.29 is 24.3 Å². The number of aliphatic carboxylic acids is 1. The summed E-state index contributed by atoms with van der Waals surface area (Å²) in [5, 5.41) is 17.5. The summed E-state index contributed by atoms with van der Waals surface area (Å²) >= 11 is 0. The number of nitrogens with two attached hydrogens (primary N) is 1. The molecule has 3 saturated heterocycles. The average Bonchev–Trinajstić information content (AvgIpc) is 3.02. The lowest BCUT2D eigenvalue weighted by molar-refractivity contribution is -0.167. The van der Waals surface area contributed by atoms with E-state index in [1.807, 2.05) is 18.2 Å². The van der Waals surface area contributed by atoms with Gasteiger partial charge in [0, 0.05) is 45.7 Å². The molecule has 2 aromatic rings. The number of rotatable bonds is 8. The van der Waals surface area contributed by atoms with Gasteiger partial charge in [0.2, 0.25) is 11.8 Å². The first-order valence-corrected chi connectivity index (χ1v) is 15.1. The average molecular weight is 589 g/mol. The molecule has 3 fully saturated rings. The van der Waals surface area contributed by atoms with E-state index in [9.17, 15) is 24.3 Å². The van der Waals surface area contributed by atoms with Gasteiger partial charge >= 0.3 is 12.0 Å². The van der Waals surface area contributed by atoms with Crippen LogP contribution in [0.2, 0.25) is 0 Å². The van der Waals surface area contributed by atoms with E-state index in [1.54, 1.807) is 9.80 Å². The number of likely N-dealkylation sites (tertiary alicyclic amines) is 2. The summed E-state index contributed by atoms with van der Waals surface area (Å²) in [6.07, 6.45) is 3.91. The highest BCUT2D eigenvalue weighted by molar-refractivity contribution is 6.07. The number of carbonyl (C=O) groups excluding carboxylic acids is 3. The molecule has 0 spiro atoms. The summed E-state index contributed by atoms with van der Waals surface area (Å²) < 4.78 is 0. The van der Waals surface area contributed by atoms with Gasteiger partial charge in [0.1, 0.15) is 0 Å². The molecule has 3 aliphatic rings. The number of hydrogen-bond donors (Lipinski definition) is 3. The molecular weight excluding hydrogens is 548 g/mol. The lowest BCUT2D eigenvalue weighted by Crippen LogP contribution is -2.70. The van der Waals surface area contributed by atoms with Gasteiger partial charge < -0.3 is 25.5 Å². The molecule has 4 N–H and O–H groups in total. The van der Waals surface area contributed by atoms with E-state index in [1.165, 1.54) is 16.0 Å². The van der Waals surface area contributed by atoms with Gasteiger partial charge in [-0.25, -0.2) is 14.5 Å². The molecule has 2 unspecified atom stereocenters. The van der Waals surface area contributed by atoms with Crippen molar-refractivity contribution in [1.82, 2.24) is 19.6 Å². The summed E-state index contributed by atoms with van der Waals surface area (Å²) in [5.74, 6) is -2.38. The van der Waals surface area contributed by atoms with Crippen molar-refractivity contribution >= 4 is 29.8 Å². The van der Waals surface area contributed by atoms with Crippen LogP contribution in [0.15, 0.2) is 54.6 Å². The molecule has 228 valence electrons.